The van der Waals surface area contributed by atoms with Crippen molar-refractivity contribution >= 4 is 34.9 Å². The summed E-state index contributed by atoms with van der Waals surface area (Å²) in [7, 11) is 1.52. The average Bonchev–Trinajstić information content (AvgIpc) is 2.69. The van der Waals surface area contributed by atoms with Crippen molar-refractivity contribution in [3.05, 3.63) is 82.1 Å². The molecule has 0 spiro atoms. The molecule has 4 nitrogen and oxygen atoms in total. The average molecular weight is 405 g/mol. The van der Waals surface area contributed by atoms with Crippen LogP contribution in [-0.4, -0.2) is 18.1 Å². The summed E-state index contributed by atoms with van der Waals surface area (Å²) in [6, 6.07) is 14.3. The molecule has 7 heteroatoms. The standard InChI is InChI=1S/C20H15Cl2FN2O2/c1-26-17-8-7-14(9-18(17)27-12-13-5-3-2-4-6-13)20(23)25-19-15(21)10-24-11-16(19)22/h2-11H,12H2,1H3/b25-20-. The summed E-state index contributed by atoms with van der Waals surface area (Å²) in [5.41, 5.74) is 1.31. The molecular weight excluding hydrogens is 390 g/mol. The second-order valence-corrected chi connectivity index (χ2v) is 6.31. The largest absolute Gasteiger partial charge is 0.493 e. The van der Waals surface area contributed by atoms with E-state index in [1.165, 1.54) is 31.6 Å². The summed E-state index contributed by atoms with van der Waals surface area (Å²) in [6.45, 7) is 0.321. The molecule has 3 rings (SSSR count). The Balaban J connectivity index is 1.89. The van der Waals surface area contributed by atoms with E-state index in [-0.39, 0.29) is 21.3 Å². The minimum atomic E-state index is -0.753. The smallest absolute Gasteiger partial charge is 0.220 e. The molecule has 0 unspecified atom stereocenters. The number of rotatable bonds is 6. The molecule has 0 saturated carbocycles. The fourth-order valence-corrected chi connectivity index (χ4v) is 2.78. The van der Waals surface area contributed by atoms with Gasteiger partial charge in [-0.3, -0.25) is 4.98 Å². The number of methoxy groups -OCH3 is 1. The molecule has 0 atom stereocenters. The molecule has 3 aromatic rings. The van der Waals surface area contributed by atoms with Gasteiger partial charge in [0.15, 0.2) is 11.5 Å². The van der Waals surface area contributed by atoms with Crippen molar-refractivity contribution in [3.63, 3.8) is 0 Å². The van der Waals surface area contributed by atoms with Gasteiger partial charge in [-0.1, -0.05) is 53.5 Å². The van der Waals surface area contributed by atoms with Crippen LogP contribution in [0.2, 0.25) is 10.0 Å². The van der Waals surface area contributed by atoms with Gasteiger partial charge in [0.1, 0.15) is 12.3 Å². The molecule has 0 saturated heterocycles. The molecule has 0 radical (unpaired) electrons. The molecule has 0 aliphatic carbocycles. The maximum atomic E-state index is 14.7. The lowest BCUT2D eigenvalue weighted by atomic mass is 10.2. The number of hydrogen-bond acceptors (Lipinski definition) is 4. The molecule has 138 valence electrons. The van der Waals surface area contributed by atoms with E-state index < -0.39 is 5.97 Å². The van der Waals surface area contributed by atoms with E-state index in [9.17, 15) is 4.39 Å². The monoisotopic (exact) mass is 404 g/mol. The summed E-state index contributed by atoms with van der Waals surface area (Å²) in [5.74, 6) is 0.135. The van der Waals surface area contributed by atoms with Gasteiger partial charge in [-0.15, -0.1) is 0 Å². The molecule has 27 heavy (non-hydrogen) atoms. The minimum absolute atomic E-state index is 0.119. The summed E-state index contributed by atoms with van der Waals surface area (Å²) in [6.07, 6.45) is 2.70. The number of nitrogens with zero attached hydrogens (tertiary/aromatic N) is 2. The molecule has 0 aliphatic heterocycles. The van der Waals surface area contributed by atoms with E-state index in [2.05, 4.69) is 9.98 Å². The lowest BCUT2D eigenvalue weighted by Gasteiger charge is -2.12. The first kappa shape index (κ1) is 19.1. The highest BCUT2D eigenvalue weighted by molar-refractivity contribution is 6.38. The number of aromatic nitrogens is 1. The van der Waals surface area contributed by atoms with Crippen LogP contribution in [0.1, 0.15) is 11.1 Å². The lowest BCUT2D eigenvalue weighted by Crippen LogP contribution is -2.00. The highest BCUT2D eigenvalue weighted by Gasteiger charge is 2.12. The van der Waals surface area contributed by atoms with Crippen LogP contribution in [0.15, 0.2) is 65.9 Å². The highest BCUT2D eigenvalue weighted by Crippen LogP contribution is 2.34. The van der Waals surface area contributed by atoms with Crippen molar-refractivity contribution in [1.82, 2.24) is 4.98 Å². The van der Waals surface area contributed by atoms with Crippen LogP contribution in [0.25, 0.3) is 0 Å². The number of hydrogen-bond donors (Lipinski definition) is 0. The van der Waals surface area contributed by atoms with Crippen LogP contribution in [0.4, 0.5) is 10.1 Å². The minimum Gasteiger partial charge on any atom is -0.493 e. The first-order chi connectivity index (χ1) is 13.1. The number of halogens is 3. The Bertz CT molecular complexity index is 945. The van der Waals surface area contributed by atoms with Crippen LogP contribution in [-0.2, 0) is 6.61 Å². The van der Waals surface area contributed by atoms with Gasteiger partial charge >= 0.3 is 0 Å². The molecule has 0 amide bonds. The SMILES string of the molecule is COc1ccc(/C(F)=N/c2c(Cl)cncc2Cl)cc1OCc1ccccc1. The molecule has 1 aromatic heterocycles. The highest BCUT2D eigenvalue weighted by atomic mass is 35.5. The van der Waals surface area contributed by atoms with Crippen molar-refractivity contribution in [2.24, 2.45) is 4.99 Å². The Hall–Kier alpha value is -2.63. The molecule has 0 aliphatic rings. The third-order valence-electron chi connectivity index (χ3n) is 3.68. The topological polar surface area (TPSA) is 43.7 Å². The van der Waals surface area contributed by atoms with Crippen molar-refractivity contribution in [1.29, 1.82) is 0 Å². The zero-order chi connectivity index (χ0) is 19.2. The predicted molar refractivity (Wildman–Crippen MR) is 105 cm³/mol. The lowest BCUT2D eigenvalue weighted by molar-refractivity contribution is 0.284. The van der Waals surface area contributed by atoms with Crippen LogP contribution < -0.4 is 9.47 Å². The first-order valence-electron chi connectivity index (χ1n) is 7.97. The Morgan fingerprint density at radius 1 is 1.04 bits per heavy atom. The van der Waals surface area contributed by atoms with E-state index >= 15 is 0 Å². The van der Waals surface area contributed by atoms with Gasteiger partial charge in [0.05, 0.1) is 17.2 Å². The Morgan fingerprint density at radius 2 is 1.74 bits per heavy atom. The van der Waals surface area contributed by atoms with Gasteiger partial charge < -0.3 is 9.47 Å². The maximum Gasteiger partial charge on any atom is 0.220 e. The number of aliphatic imine (C=N–C) groups is 1. The van der Waals surface area contributed by atoms with Crippen LogP contribution in [0.5, 0.6) is 11.5 Å². The Kier molecular flexibility index (Phi) is 6.27. The number of ether oxygens (including phenoxy) is 2. The quantitative estimate of drug-likeness (QED) is 0.471. The van der Waals surface area contributed by atoms with Crippen LogP contribution in [0.3, 0.4) is 0 Å². The van der Waals surface area contributed by atoms with E-state index in [1.807, 2.05) is 30.3 Å². The van der Waals surface area contributed by atoms with Gasteiger partial charge in [0.2, 0.25) is 5.97 Å². The zero-order valence-electron chi connectivity index (χ0n) is 14.3. The Labute approximate surface area is 166 Å². The zero-order valence-corrected chi connectivity index (χ0v) is 15.8. The fraction of sp³-hybridized carbons (Fsp3) is 0.100. The van der Waals surface area contributed by atoms with Gasteiger partial charge in [0.25, 0.3) is 0 Å². The Morgan fingerprint density at radius 3 is 2.41 bits per heavy atom. The summed E-state index contributed by atoms with van der Waals surface area (Å²) in [4.78, 5) is 7.72. The van der Waals surface area contributed by atoms with E-state index in [4.69, 9.17) is 32.7 Å². The number of pyridine rings is 1. The van der Waals surface area contributed by atoms with Crippen molar-refractivity contribution < 1.29 is 13.9 Å². The van der Waals surface area contributed by atoms with E-state index in [0.717, 1.165) is 5.56 Å². The molecule has 0 N–H and O–H groups in total. The predicted octanol–water partition coefficient (Wildman–Crippen LogP) is 6.02. The molecular formula is C20H15Cl2FN2O2. The third-order valence-corrected chi connectivity index (χ3v) is 4.23. The second kappa shape index (κ2) is 8.84. The molecule has 1 heterocycles. The van der Waals surface area contributed by atoms with Crippen LogP contribution >= 0.6 is 23.2 Å². The third kappa shape index (κ3) is 4.76. The summed E-state index contributed by atoms with van der Waals surface area (Å²) < 4.78 is 25.8. The van der Waals surface area contributed by atoms with Crippen molar-refractivity contribution in [2.75, 3.05) is 7.11 Å². The molecule has 0 fully saturated rings. The van der Waals surface area contributed by atoms with Gasteiger partial charge in [-0.25, -0.2) is 4.99 Å². The van der Waals surface area contributed by atoms with Gasteiger partial charge in [-0.2, -0.15) is 4.39 Å². The van der Waals surface area contributed by atoms with E-state index in [1.54, 1.807) is 6.07 Å². The summed E-state index contributed by atoms with van der Waals surface area (Å²) >= 11 is 12.0. The van der Waals surface area contributed by atoms with Crippen molar-refractivity contribution in [2.45, 2.75) is 6.61 Å². The first-order valence-corrected chi connectivity index (χ1v) is 8.72. The van der Waals surface area contributed by atoms with E-state index in [0.29, 0.717) is 18.1 Å². The van der Waals surface area contributed by atoms with Gasteiger partial charge in [-0.05, 0) is 23.8 Å². The normalized spacial score (nSPS) is 11.3. The second-order valence-electron chi connectivity index (χ2n) is 5.49. The maximum absolute atomic E-state index is 14.7. The fourth-order valence-electron chi connectivity index (χ4n) is 2.33. The summed E-state index contributed by atoms with van der Waals surface area (Å²) in [5, 5.41) is 0.318. The van der Waals surface area contributed by atoms with Gasteiger partial charge in [0, 0.05) is 18.0 Å². The van der Waals surface area contributed by atoms with Crippen molar-refractivity contribution in [3.8, 4) is 11.5 Å². The van der Waals surface area contributed by atoms with Crippen LogP contribution in [0, 0.1) is 0 Å². The molecule has 2 aromatic carbocycles. The number of benzene rings is 2. The molecule has 0 bridgehead atoms.